The quantitative estimate of drug-likeness (QED) is 0.757. The molecule has 8 nitrogen and oxygen atoms in total. The SMILES string of the molecule is CC(=O)c1ccc(NC(=O)[C@@H](C)NC(=O)N2CCN(c3ccccn3)CC2)cc1. The van der Waals surface area contributed by atoms with Crippen molar-refractivity contribution >= 4 is 29.2 Å². The average Bonchev–Trinajstić information content (AvgIpc) is 2.74. The van der Waals surface area contributed by atoms with E-state index in [0.29, 0.717) is 37.4 Å². The van der Waals surface area contributed by atoms with Crippen LogP contribution in [0, 0.1) is 0 Å². The van der Waals surface area contributed by atoms with Gasteiger partial charge in [-0.3, -0.25) is 9.59 Å². The highest BCUT2D eigenvalue weighted by Crippen LogP contribution is 2.13. The molecule has 2 aromatic rings. The van der Waals surface area contributed by atoms with Crippen molar-refractivity contribution in [1.29, 1.82) is 0 Å². The number of carbonyl (C=O) groups is 3. The zero-order valence-electron chi connectivity index (χ0n) is 16.6. The lowest BCUT2D eigenvalue weighted by molar-refractivity contribution is -0.117. The van der Waals surface area contributed by atoms with Crippen LogP contribution in [0.5, 0.6) is 0 Å². The second kappa shape index (κ2) is 9.18. The Morgan fingerprint density at radius 2 is 1.69 bits per heavy atom. The summed E-state index contributed by atoms with van der Waals surface area (Å²) < 4.78 is 0. The highest BCUT2D eigenvalue weighted by atomic mass is 16.2. The van der Waals surface area contributed by atoms with E-state index < -0.39 is 6.04 Å². The molecule has 0 aliphatic carbocycles. The molecule has 0 unspecified atom stereocenters. The molecule has 3 rings (SSSR count). The Balaban J connectivity index is 1.47. The highest BCUT2D eigenvalue weighted by molar-refractivity contribution is 5.98. The first-order valence-corrected chi connectivity index (χ1v) is 9.57. The van der Waals surface area contributed by atoms with Crippen LogP contribution in [0.15, 0.2) is 48.7 Å². The highest BCUT2D eigenvalue weighted by Gasteiger charge is 2.24. The van der Waals surface area contributed by atoms with Crippen molar-refractivity contribution in [3.05, 3.63) is 54.2 Å². The van der Waals surface area contributed by atoms with Crippen LogP contribution in [-0.2, 0) is 4.79 Å². The maximum absolute atomic E-state index is 12.5. The van der Waals surface area contributed by atoms with E-state index in [1.807, 2.05) is 18.2 Å². The minimum atomic E-state index is -0.691. The molecule has 0 spiro atoms. The van der Waals surface area contributed by atoms with Crippen LogP contribution in [0.25, 0.3) is 0 Å². The topological polar surface area (TPSA) is 94.6 Å². The van der Waals surface area contributed by atoms with Crippen molar-refractivity contribution in [3.63, 3.8) is 0 Å². The summed E-state index contributed by atoms with van der Waals surface area (Å²) in [5.41, 5.74) is 1.15. The van der Waals surface area contributed by atoms with Gasteiger partial charge in [-0.1, -0.05) is 6.07 Å². The van der Waals surface area contributed by atoms with E-state index in [9.17, 15) is 14.4 Å². The number of urea groups is 1. The predicted molar refractivity (Wildman–Crippen MR) is 111 cm³/mol. The number of pyridine rings is 1. The predicted octanol–water partition coefficient (Wildman–Crippen LogP) is 2.14. The van der Waals surface area contributed by atoms with Gasteiger partial charge in [0.2, 0.25) is 5.91 Å². The van der Waals surface area contributed by atoms with Crippen LogP contribution in [0.4, 0.5) is 16.3 Å². The largest absolute Gasteiger partial charge is 0.353 e. The first kappa shape index (κ1) is 20.3. The van der Waals surface area contributed by atoms with E-state index in [2.05, 4.69) is 20.5 Å². The number of aromatic nitrogens is 1. The molecular weight excluding hydrogens is 370 g/mol. The summed E-state index contributed by atoms with van der Waals surface area (Å²) in [6, 6.07) is 11.5. The van der Waals surface area contributed by atoms with E-state index in [1.54, 1.807) is 42.3 Å². The zero-order chi connectivity index (χ0) is 20.8. The number of Topliss-reactive ketones (excluding diaryl/α,β-unsaturated/α-hetero) is 1. The lowest BCUT2D eigenvalue weighted by atomic mass is 10.1. The van der Waals surface area contributed by atoms with E-state index in [4.69, 9.17) is 0 Å². The number of ketones is 1. The summed E-state index contributed by atoms with van der Waals surface area (Å²) >= 11 is 0. The smallest absolute Gasteiger partial charge is 0.318 e. The molecule has 0 bridgehead atoms. The minimum Gasteiger partial charge on any atom is -0.353 e. The molecule has 1 aliphatic heterocycles. The third-order valence-electron chi connectivity index (χ3n) is 4.83. The number of piperazine rings is 1. The van der Waals surface area contributed by atoms with Gasteiger partial charge in [0.25, 0.3) is 0 Å². The summed E-state index contributed by atoms with van der Waals surface area (Å²) in [5, 5.41) is 5.49. The number of nitrogens with one attached hydrogen (secondary N) is 2. The van der Waals surface area contributed by atoms with Gasteiger partial charge in [0, 0.05) is 43.6 Å². The third-order valence-corrected chi connectivity index (χ3v) is 4.83. The zero-order valence-corrected chi connectivity index (χ0v) is 16.6. The van der Waals surface area contributed by atoms with E-state index in [0.717, 1.165) is 5.82 Å². The van der Waals surface area contributed by atoms with Gasteiger partial charge in [0.1, 0.15) is 11.9 Å². The molecule has 1 fully saturated rings. The van der Waals surface area contributed by atoms with Gasteiger partial charge in [-0.15, -0.1) is 0 Å². The maximum atomic E-state index is 12.5. The molecule has 1 atom stereocenters. The maximum Gasteiger partial charge on any atom is 0.318 e. The molecule has 0 saturated carbocycles. The summed E-state index contributed by atoms with van der Waals surface area (Å²) in [6.07, 6.45) is 1.75. The molecule has 29 heavy (non-hydrogen) atoms. The third kappa shape index (κ3) is 5.31. The van der Waals surface area contributed by atoms with Crippen LogP contribution >= 0.6 is 0 Å². The number of rotatable bonds is 5. The number of anilines is 2. The van der Waals surface area contributed by atoms with Crippen LogP contribution in [-0.4, -0.2) is 59.8 Å². The molecule has 1 aliphatic rings. The Bertz CT molecular complexity index is 862. The van der Waals surface area contributed by atoms with Gasteiger partial charge < -0.3 is 20.4 Å². The van der Waals surface area contributed by atoms with Crippen molar-refractivity contribution in [2.45, 2.75) is 19.9 Å². The second-order valence-corrected chi connectivity index (χ2v) is 6.96. The van der Waals surface area contributed by atoms with Gasteiger partial charge in [-0.2, -0.15) is 0 Å². The average molecular weight is 395 g/mol. The molecule has 1 aromatic carbocycles. The van der Waals surface area contributed by atoms with Gasteiger partial charge >= 0.3 is 6.03 Å². The number of amides is 3. The molecule has 3 amide bonds. The molecule has 0 radical (unpaired) electrons. The standard InChI is InChI=1S/C21H25N5O3/c1-15(20(28)24-18-8-6-17(7-9-18)16(2)27)23-21(29)26-13-11-25(12-14-26)19-5-3-4-10-22-19/h3-10,15H,11-14H2,1-2H3,(H,23,29)(H,24,28)/t15-/m1/s1. The van der Waals surface area contributed by atoms with Crippen LogP contribution in [0.1, 0.15) is 24.2 Å². The van der Waals surface area contributed by atoms with Gasteiger partial charge in [-0.25, -0.2) is 9.78 Å². The second-order valence-electron chi connectivity index (χ2n) is 6.96. The number of hydrogen-bond donors (Lipinski definition) is 2. The fourth-order valence-corrected chi connectivity index (χ4v) is 3.06. The van der Waals surface area contributed by atoms with E-state index in [-0.39, 0.29) is 17.7 Å². The Kier molecular flexibility index (Phi) is 6.43. The molecule has 1 saturated heterocycles. The Morgan fingerprint density at radius 1 is 1.00 bits per heavy atom. The van der Waals surface area contributed by atoms with Gasteiger partial charge in [-0.05, 0) is 50.2 Å². The monoisotopic (exact) mass is 395 g/mol. The molecule has 1 aromatic heterocycles. The van der Waals surface area contributed by atoms with Crippen molar-refractivity contribution < 1.29 is 14.4 Å². The lowest BCUT2D eigenvalue weighted by Crippen LogP contribution is -2.54. The molecule has 8 heteroatoms. The normalized spacial score (nSPS) is 14.8. The van der Waals surface area contributed by atoms with E-state index >= 15 is 0 Å². The van der Waals surface area contributed by atoms with Crippen molar-refractivity contribution in [2.75, 3.05) is 36.4 Å². The summed E-state index contributed by atoms with van der Waals surface area (Å²) in [4.78, 5) is 44.3. The van der Waals surface area contributed by atoms with Crippen LogP contribution in [0.3, 0.4) is 0 Å². The molecule has 2 heterocycles. The molecule has 2 N–H and O–H groups in total. The van der Waals surface area contributed by atoms with Gasteiger partial charge in [0.05, 0.1) is 0 Å². The van der Waals surface area contributed by atoms with Crippen molar-refractivity contribution in [1.82, 2.24) is 15.2 Å². The van der Waals surface area contributed by atoms with E-state index in [1.165, 1.54) is 6.92 Å². The summed E-state index contributed by atoms with van der Waals surface area (Å²) in [6.45, 7) is 5.62. The fraction of sp³-hybridized carbons (Fsp3) is 0.333. The number of nitrogens with zero attached hydrogens (tertiary/aromatic N) is 3. The van der Waals surface area contributed by atoms with Crippen molar-refractivity contribution in [3.8, 4) is 0 Å². The molecular formula is C21H25N5O3. The fourth-order valence-electron chi connectivity index (χ4n) is 3.06. The summed E-state index contributed by atoms with van der Waals surface area (Å²) in [7, 11) is 0. The van der Waals surface area contributed by atoms with Crippen LogP contribution < -0.4 is 15.5 Å². The Morgan fingerprint density at radius 3 is 2.28 bits per heavy atom. The van der Waals surface area contributed by atoms with Crippen LogP contribution in [0.2, 0.25) is 0 Å². The Labute approximate surface area is 169 Å². The number of benzene rings is 1. The van der Waals surface area contributed by atoms with Crippen molar-refractivity contribution in [2.24, 2.45) is 0 Å². The first-order chi connectivity index (χ1) is 13.9. The van der Waals surface area contributed by atoms with Gasteiger partial charge in [0.15, 0.2) is 5.78 Å². The minimum absolute atomic E-state index is 0.0355. The Hall–Kier alpha value is -3.42. The number of carbonyl (C=O) groups excluding carboxylic acids is 3. The molecule has 152 valence electrons. The summed E-state index contributed by atoms with van der Waals surface area (Å²) in [5.74, 6) is 0.545. The lowest BCUT2D eigenvalue weighted by Gasteiger charge is -2.35. The first-order valence-electron chi connectivity index (χ1n) is 9.57. The number of hydrogen-bond acceptors (Lipinski definition) is 5.